The molecule has 0 N–H and O–H groups in total. The second-order valence-corrected chi connectivity index (χ2v) is 7.55. The molecule has 2 aromatic carbocycles. The highest BCUT2D eigenvalue weighted by atomic mass is 19.3. The van der Waals surface area contributed by atoms with Gasteiger partial charge in [0.1, 0.15) is 28.8 Å². The van der Waals surface area contributed by atoms with Gasteiger partial charge in [0.15, 0.2) is 0 Å². The first-order valence-corrected chi connectivity index (χ1v) is 9.69. The number of hydrogen-bond donors (Lipinski definition) is 0. The van der Waals surface area contributed by atoms with E-state index >= 15 is 0 Å². The molecule has 6 nitrogen and oxygen atoms in total. The minimum absolute atomic E-state index is 0.0805. The number of benzene rings is 2. The van der Waals surface area contributed by atoms with Gasteiger partial charge in [0.2, 0.25) is 0 Å². The largest absolute Gasteiger partial charge is 0.461 e. The third-order valence-corrected chi connectivity index (χ3v) is 5.45. The van der Waals surface area contributed by atoms with Gasteiger partial charge in [-0.2, -0.15) is 22.7 Å². The van der Waals surface area contributed by atoms with Crippen LogP contribution >= 0.6 is 0 Å². The van der Waals surface area contributed by atoms with Gasteiger partial charge in [0.25, 0.3) is 0 Å². The first kappa shape index (κ1) is 22.9. The van der Waals surface area contributed by atoms with Crippen molar-refractivity contribution < 1.29 is 35.8 Å². The Kier molecular flexibility index (Phi) is 5.51. The fraction of sp³-hybridized carbons (Fsp3) is 0.333. The van der Waals surface area contributed by atoms with Gasteiger partial charge in [-0.3, -0.25) is 0 Å². The highest BCUT2D eigenvalue weighted by molar-refractivity contribution is 5.38. The van der Waals surface area contributed by atoms with E-state index in [1.165, 1.54) is 25.1 Å². The van der Waals surface area contributed by atoms with Gasteiger partial charge in [0, 0.05) is 11.6 Å². The lowest BCUT2D eigenvalue weighted by Crippen LogP contribution is -2.34. The Bertz CT molecular complexity index is 1240. The number of alkyl halides is 4. The molecule has 2 heterocycles. The minimum Gasteiger partial charge on any atom is -0.428 e. The zero-order valence-electron chi connectivity index (χ0n) is 17.2. The van der Waals surface area contributed by atoms with Crippen molar-refractivity contribution in [2.24, 2.45) is 0 Å². The van der Waals surface area contributed by atoms with Crippen molar-refractivity contribution in [1.82, 2.24) is 14.3 Å². The maximum absolute atomic E-state index is 14.4. The fourth-order valence-electron chi connectivity index (χ4n) is 3.63. The van der Waals surface area contributed by atoms with Crippen LogP contribution in [0.1, 0.15) is 24.4 Å². The number of nitrogens with zero attached hydrogens (tertiary/aromatic N) is 3. The molecule has 12 heteroatoms. The normalized spacial score (nSPS) is 19.1. The Labute approximate surface area is 183 Å². The predicted octanol–water partition coefficient (Wildman–Crippen LogP) is 4.34. The van der Waals surface area contributed by atoms with Gasteiger partial charge in [0.05, 0.1) is 18.3 Å². The maximum atomic E-state index is 14.4. The Morgan fingerprint density at radius 2 is 1.79 bits per heavy atom. The average molecular weight is 473 g/mol. The predicted molar refractivity (Wildman–Crippen MR) is 103 cm³/mol. The van der Waals surface area contributed by atoms with E-state index in [2.05, 4.69) is 9.84 Å². The van der Waals surface area contributed by atoms with E-state index in [0.717, 1.165) is 33.5 Å². The van der Waals surface area contributed by atoms with E-state index in [1.807, 2.05) is 0 Å². The van der Waals surface area contributed by atoms with Crippen LogP contribution in [-0.2, 0) is 10.3 Å². The van der Waals surface area contributed by atoms with Crippen LogP contribution in [0.25, 0.3) is 5.69 Å². The van der Waals surface area contributed by atoms with Gasteiger partial charge < -0.3 is 9.47 Å². The van der Waals surface area contributed by atoms with Crippen molar-refractivity contribution in [1.29, 1.82) is 0 Å². The highest BCUT2D eigenvalue weighted by Crippen LogP contribution is 2.48. The molecule has 0 bridgehead atoms. The molecular formula is C21H17F6N3O3. The minimum atomic E-state index is -4.66. The van der Waals surface area contributed by atoms with Crippen LogP contribution in [0, 0.1) is 18.6 Å². The summed E-state index contributed by atoms with van der Waals surface area (Å²) in [5, 5.41) is 4.21. The van der Waals surface area contributed by atoms with E-state index in [4.69, 9.17) is 4.74 Å². The standard InChI is InChI=1S/C21H17F6N3O3/c1-11(20(10-32-20)16-8-3-13(22)9-17(16)23)30-19(31)29(12(2)28-30)14-4-6-15(7-5-14)33-21(26,27)18(24)25/h3-9,11,18H,10H2,1-2H3/t11-,20-/m1/s1. The smallest absolute Gasteiger partial charge is 0.428 e. The summed E-state index contributed by atoms with van der Waals surface area (Å²) >= 11 is 0. The number of aryl methyl sites for hydroxylation is 1. The van der Waals surface area contributed by atoms with E-state index < -0.39 is 47.3 Å². The Morgan fingerprint density at radius 1 is 1.15 bits per heavy atom. The van der Waals surface area contributed by atoms with Gasteiger partial charge >= 0.3 is 18.2 Å². The van der Waals surface area contributed by atoms with Gasteiger partial charge in [-0.05, 0) is 44.2 Å². The third kappa shape index (κ3) is 3.99. The van der Waals surface area contributed by atoms with Crippen LogP contribution in [0.5, 0.6) is 5.75 Å². The SMILES string of the molecule is Cc1nn([C@H](C)[C@@]2(c3ccc(F)cc3F)CO2)c(=O)n1-c1ccc(OC(F)(F)C(F)F)cc1. The van der Waals surface area contributed by atoms with Crippen LogP contribution in [0.2, 0.25) is 0 Å². The third-order valence-electron chi connectivity index (χ3n) is 5.45. The lowest BCUT2D eigenvalue weighted by molar-refractivity contribution is -0.253. The van der Waals surface area contributed by atoms with Crippen molar-refractivity contribution in [3.8, 4) is 11.4 Å². The monoisotopic (exact) mass is 473 g/mol. The molecule has 4 rings (SSSR count). The molecule has 1 saturated heterocycles. The first-order valence-electron chi connectivity index (χ1n) is 9.69. The molecule has 0 spiro atoms. The summed E-state index contributed by atoms with van der Waals surface area (Å²) in [6.07, 6.45) is -8.67. The molecule has 3 aromatic rings. The van der Waals surface area contributed by atoms with Crippen molar-refractivity contribution in [3.05, 3.63) is 76.0 Å². The molecule has 0 aliphatic carbocycles. The van der Waals surface area contributed by atoms with Crippen LogP contribution in [0.15, 0.2) is 47.3 Å². The van der Waals surface area contributed by atoms with Crippen molar-refractivity contribution in [3.63, 3.8) is 0 Å². The lowest BCUT2D eigenvalue weighted by atomic mass is 9.92. The number of rotatable bonds is 7. The average Bonchev–Trinajstić information content (AvgIpc) is 3.48. The second kappa shape index (κ2) is 7.94. The summed E-state index contributed by atoms with van der Waals surface area (Å²) in [4.78, 5) is 13.1. The summed E-state index contributed by atoms with van der Waals surface area (Å²) in [6.45, 7) is 3.19. The molecule has 1 aliphatic rings. The van der Waals surface area contributed by atoms with Crippen LogP contribution < -0.4 is 10.4 Å². The van der Waals surface area contributed by atoms with E-state index in [9.17, 15) is 31.1 Å². The molecule has 0 radical (unpaired) electrons. The molecular weight excluding hydrogens is 456 g/mol. The maximum Gasteiger partial charge on any atom is 0.461 e. The molecule has 0 amide bonds. The first-order chi connectivity index (χ1) is 15.5. The summed E-state index contributed by atoms with van der Waals surface area (Å²) in [5.74, 6) is -1.88. The molecule has 1 aliphatic heterocycles. The van der Waals surface area contributed by atoms with Crippen LogP contribution in [-0.4, -0.2) is 33.5 Å². The fourth-order valence-corrected chi connectivity index (χ4v) is 3.63. The van der Waals surface area contributed by atoms with Crippen molar-refractivity contribution in [2.45, 2.75) is 38.0 Å². The van der Waals surface area contributed by atoms with Crippen molar-refractivity contribution >= 4 is 0 Å². The molecule has 1 fully saturated rings. The van der Waals surface area contributed by atoms with Gasteiger partial charge in [-0.25, -0.2) is 22.8 Å². The van der Waals surface area contributed by atoms with Gasteiger partial charge in [-0.15, -0.1) is 0 Å². The van der Waals surface area contributed by atoms with Crippen molar-refractivity contribution in [2.75, 3.05) is 6.61 Å². The summed E-state index contributed by atoms with van der Waals surface area (Å²) in [5.41, 5.74) is -1.56. The molecule has 2 atom stereocenters. The number of aromatic nitrogens is 3. The Balaban J connectivity index is 1.65. The number of epoxide rings is 1. The highest BCUT2D eigenvalue weighted by Gasteiger charge is 2.54. The van der Waals surface area contributed by atoms with Crippen LogP contribution in [0.4, 0.5) is 26.3 Å². The summed E-state index contributed by atoms with van der Waals surface area (Å²) in [7, 11) is 0. The van der Waals surface area contributed by atoms with E-state index in [1.54, 1.807) is 6.92 Å². The second-order valence-electron chi connectivity index (χ2n) is 7.55. The number of halogens is 6. The molecule has 0 unspecified atom stereocenters. The zero-order chi connectivity index (χ0) is 24.1. The molecule has 33 heavy (non-hydrogen) atoms. The summed E-state index contributed by atoms with van der Waals surface area (Å²) in [6, 6.07) is 6.75. The van der Waals surface area contributed by atoms with E-state index in [-0.39, 0.29) is 23.7 Å². The molecule has 176 valence electrons. The topological polar surface area (TPSA) is 61.6 Å². The Morgan fingerprint density at radius 3 is 2.33 bits per heavy atom. The molecule has 1 aromatic heterocycles. The lowest BCUT2D eigenvalue weighted by Gasteiger charge is -2.20. The summed E-state index contributed by atoms with van der Waals surface area (Å²) < 4.78 is 90.2. The zero-order valence-corrected chi connectivity index (χ0v) is 17.2. The quantitative estimate of drug-likeness (QED) is 0.378. The Hall–Kier alpha value is -3.28. The van der Waals surface area contributed by atoms with Gasteiger partial charge in [-0.1, -0.05) is 6.07 Å². The molecule has 0 saturated carbocycles. The van der Waals surface area contributed by atoms with Crippen LogP contribution in [0.3, 0.4) is 0 Å². The number of hydrogen-bond acceptors (Lipinski definition) is 4. The number of ether oxygens (including phenoxy) is 2. The van der Waals surface area contributed by atoms with E-state index in [0.29, 0.717) is 0 Å².